The summed E-state index contributed by atoms with van der Waals surface area (Å²) in [7, 11) is 0. The van der Waals surface area contributed by atoms with Gasteiger partial charge in [-0.15, -0.1) is 0 Å². The first kappa shape index (κ1) is 16.2. The number of aliphatic hydroxyl groups is 1. The van der Waals surface area contributed by atoms with Gasteiger partial charge in [-0.25, -0.2) is 0 Å². The lowest BCUT2D eigenvalue weighted by atomic mass is 9.68. The molecule has 0 aromatic rings. The molecule has 0 aromatic heterocycles. The summed E-state index contributed by atoms with van der Waals surface area (Å²) in [4.78, 5) is 22.0. The van der Waals surface area contributed by atoms with E-state index in [1.165, 1.54) is 0 Å². The van der Waals surface area contributed by atoms with Gasteiger partial charge in [0, 0.05) is 17.9 Å². The molecule has 2 N–H and O–H groups in total. The van der Waals surface area contributed by atoms with Gasteiger partial charge in [-0.3, -0.25) is 14.9 Å². The van der Waals surface area contributed by atoms with Gasteiger partial charge in [-0.2, -0.15) is 0 Å². The quantitative estimate of drug-likeness (QED) is 0.610. The molecule has 0 bridgehead atoms. The molecule has 1 amide bonds. The fourth-order valence-corrected chi connectivity index (χ4v) is 3.28. The van der Waals surface area contributed by atoms with Crippen molar-refractivity contribution in [3.63, 3.8) is 0 Å². The first-order chi connectivity index (χ1) is 9.62. The maximum Gasteiger partial charge on any atom is 0.230 e. The van der Waals surface area contributed by atoms with Gasteiger partial charge < -0.3 is 10.4 Å². The first-order valence-corrected chi connectivity index (χ1v) is 7.76. The molecule has 0 heterocycles. The van der Waals surface area contributed by atoms with Crippen LogP contribution in [0.1, 0.15) is 52.9 Å². The number of hydrogen-bond acceptors (Lipinski definition) is 4. The zero-order chi connectivity index (χ0) is 15.8. The molecule has 2 rings (SSSR count). The Labute approximate surface area is 125 Å². The van der Waals surface area contributed by atoms with Crippen LogP contribution >= 0.6 is 0 Å². The molecule has 2 aliphatic rings. The Morgan fingerprint density at radius 3 is 2.38 bits per heavy atom. The number of hydrogen-bond donors (Lipinski definition) is 2. The van der Waals surface area contributed by atoms with Crippen molar-refractivity contribution >= 4 is 5.91 Å². The standard InChI is InChI=1S/C15H26N2O4/c1-14(2,3)10-4-6-15(19,7-5-10)9-16-13(18)11-8-12(11)17(20)21/h10-12,19H,4-9H2,1-3H3,(H,16,18)/t10?,11-,12+,15?/m0/s1. The molecular formula is C15H26N2O4. The fourth-order valence-electron chi connectivity index (χ4n) is 3.28. The average Bonchev–Trinajstić information content (AvgIpc) is 3.16. The Morgan fingerprint density at radius 2 is 1.95 bits per heavy atom. The molecule has 6 heteroatoms. The monoisotopic (exact) mass is 298 g/mol. The van der Waals surface area contributed by atoms with E-state index in [2.05, 4.69) is 26.1 Å². The lowest BCUT2D eigenvalue weighted by Crippen LogP contribution is -2.47. The van der Waals surface area contributed by atoms with Gasteiger partial charge in [0.25, 0.3) is 0 Å². The summed E-state index contributed by atoms with van der Waals surface area (Å²) >= 11 is 0. The lowest BCUT2D eigenvalue weighted by molar-refractivity contribution is -0.497. The minimum atomic E-state index is -0.851. The Balaban J connectivity index is 1.76. The number of carbonyl (C=O) groups excluding carboxylic acids is 1. The third-order valence-corrected chi connectivity index (χ3v) is 5.10. The van der Waals surface area contributed by atoms with Crippen LogP contribution in [0.4, 0.5) is 0 Å². The largest absolute Gasteiger partial charge is 0.388 e. The maximum atomic E-state index is 11.8. The fraction of sp³-hybridized carbons (Fsp3) is 0.933. The van der Waals surface area contributed by atoms with E-state index < -0.39 is 22.5 Å². The summed E-state index contributed by atoms with van der Waals surface area (Å²) in [6.45, 7) is 6.86. The molecule has 21 heavy (non-hydrogen) atoms. The van der Waals surface area contributed by atoms with Crippen molar-refractivity contribution in [2.24, 2.45) is 17.3 Å². The van der Waals surface area contributed by atoms with E-state index in [-0.39, 0.29) is 17.9 Å². The minimum absolute atomic E-state index is 0.212. The van der Waals surface area contributed by atoms with E-state index in [9.17, 15) is 20.0 Å². The molecule has 2 saturated carbocycles. The smallest absolute Gasteiger partial charge is 0.230 e. The highest BCUT2D eigenvalue weighted by Gasteiger charge is 2.53. The number of carbonyl (C=O) groups is 1. The predicted molar refractivity (Wildman–Crippen MR) is 78.3 cm³/mol. The Hall–Kier alpha value is -1.17. The number of nitrogens with zero attached hydrogens (tertiary/aromatic N) is 1. The van der Waals surface area contributed by atoms with E-state index >= 15 is 0 Å². The van der Waals surface area contributed by atoms with Crippen molar-refractivity contribution in [3.05, 3.63) is 10.1 Å². The summed E-state index contributed by atoms with van der Waals surface area (Å²) in [5, 5.41) is 23.8. The molecule has 0 aromatic carbocycles. The average molecular weight is 298 g/mol. The summed E-state index contributed by atoms with van der Waals surface area (Å²) in [6.07, 6.45) is 3.59. The molecule has 0 saturated heterocycles. The van der Waals surface area contributed by atoms with Gasteiger partial charge in [-0.1, -0.05) is 20.8 Å². The summed E-state index contributed by atoms with van der Waals surface area (Å²) in [5.41, 5.74) is -0.603. The van der Waals surface area contributed by atoms with E-state index in [4.69, 9.17) is 0 Å². The van der Waals surface area contributed by atoms with Gasteiger partial charge in [0.05, 0.1) is 5.60 Å². The van der Waals surface area contributed by atoms with E-state index in [0.717, 1.165) is 12.8 Å². The van der Waals surface area contributed by atoms with Gasteiger partial charge in [0.2, 0.25) is 11.9 Å². The first-order valence-electron chi connectivity index (χ1n) is 7.76. The second-order valence-electron chi connectivity index (χ2n) is 7.78. The Morgan fingerprint density at radius 1 is 1.38 bits per heavy atom. The van der Waals surface area contributed by atoms with Crippen molar-refractivity contribution in [2.75, 3.05) is 6.54 Å². The molecule has 0 radical (unpaired) electrons. The highest BCUT2D eigenvalue weighted by Crippen LogP contribution is 2.41. The third kappa shape index (κ3) is 3.93. The van der Waals surface area contributed by atoms with Crippen LogP contribution in [0.15, 0.2) is 0 Å². The van der Waals surface area contributed by atoms with Crippen molar-refractivity contribution in [1.82, 2.24) is 5.32 Å². The topological polar surface area (TPSA) is 92.5 Å². The summed E-state index contributed by atoms with van der Waals surface area (Å²) in [6, 6.07) is -0.726. The van der Waals surface area contributed by atoms with Crippen molar-refractivity contribution < 1.29 is 14.8 Å². The highest BCUT2D eigenvalue weighted by atomic mass is 16.6. The molecule has 2 fully saturated rings. The molecular weight excluding hydrogens is 272 g/mol. The lowest BCUT2D eigenvalue weighted by Gasteiger charge is -2.41. The van der Waals surface area contributed by atoms with Crippen LogP contribution in [0.2, 0.25) is 0 Å². The van der Waals surface area contributed by atoms with Crippen molar-refractivity contribution in [2.45, 2.75) is 64.5 Å². The summed E-state index contributed by atoms with van der Waals surface area (Å²) in [5.74, 6) is -0.201. The van der Waals surface area contributed by atoms with Crippen molar-refractivity contribution in [1.29, 1.82) is 0 Å². The van der Waals surface area contributed by atoms with Crippen molar-refractivity contribution in [3.8, 4) is 0 Å². The molecule has 0 unspecified atom stereocenters. The molecule has 6 nitrogen and oxygen atoms in total. The van der Waals surface area contributed by atoms with Gasteiger partial charge in [0.1, 0.15) is 5.92 Å². The Kier molecular flexibility index (Phi) is 4.29. The van der Waals surface area contributed by atoms with Crippen LogP contribution in [0.3, 0.4) is 0 Å². The van der Waals surface area contributed by atoms with Crippen LogP contribution in [0.5, 0.6) is 0 Å². The molecule has 120 valence electrons. The van der Waals surface area contributed by atoms with Crippen LogP contribution in [0.25, 0.3) is 0 Å². The predicted octanol–water partition coefficient (Wildman–Crippen LogP) is 1.74. The van der Waals surface area contributed by atoms with Crippen LogP contribution < -0.4 is 5.32 Å². The van der Waals surface area contributed by atoms with Gasteiger partial charge >= 0.3 is 0 Å². The number of nitrogens with one attached hydrogen (secondary N) is 1. The third-order valence-electron chi connectivity index (χ3n) is 5.10. The van der Waals surface area contributed by atoms with Gasteiger partial charge in [-0.05, 0) is 37.0 Å². The zero-order valence-electron chi connectivity index (χ0n) is 13.1. The Bertz CT molecular complexity index is 422. The SMILES string of the molecule is CC(C)(C)C1CCC(O)(CNC(=O)[C@H]2C[C@H]2[N+](=O)[O-])CC1. The van der Waals surface area contributed by atoms with E-state index in [1.54, 1.807) is 0 Å². The normalized spacial score (nSPS) is 36.1. The molecule has 0 spiro atoms. The zero-order valence-corrected chi connectivity index (χ0v) is 13.1. The van der Waals surface area contributed by atoms with Crippen LogP contribution in [-0.2, 0) is 4.79 Å². The summed E-state index contributed by atoms with van der Waals surface area (Å²) < 4.78 is 0. The van der Waals surface area contributed by atoms with Crippen LogP contribution in [-0.4, -0.2) is 34.1 Å². The second kappa shape index (κ2) is 5.55. The molecule has 0 aliphatic heterocycles. The number of rotatable bonds is 4. The minimum Gasteiger partial charge on any atom is -0.388 e. The number of amides is 1. The van der Waals surface area contributed by atoms with Crippen LogP contribution in [0, 0.1) is 27.4 Å². The van der Waals surface area contributed by atoms with E-state index in [1.807, 2.05) is 0 Å². The van der Waals surface area contributed by atoms with Gasteiger partial charge in [0.15, 0.2) is 0 Å². The number of nitro groups is 1. The highest BCUT2D eigenvalue weighted by molar-refractivity contribution is 5.82. The molecule has 2 aliphatic carbocycles. The second-order valence-corrected chi connectivity index (χ2v) is 7.78. The molecule has 2 atom stereocenters. The van der Waals surface area contributed by atoms with E-state index in [0.29, 0.717) is 25.2 Å². The maximum absolute atomic E-state index is 11.8.